The van der Waals surface area contributed by atoms with Crippen LogP contribution in [0.25, 0.3) is 0 Å². The van der Waals surface area contributed by atoms with E-state index in [9.17, 15) is 0 Å². The van der Waals surface area contributed by atoms with E-state index in [1.165, 1.54) is 0 Å². The summed E-state index contributed by atoms with van der Waals surface area (Å²) in [5.41, 5.74) is 6.11. The smallest absolute Gasteiger partial charge is 0.120 e. The number of nitrogens with one attached hydrogen (secondary N) is 1. The van der Waals surface area contributed by atoms with Crippen LogP contribution in [-0.2, 0) is 13.2 Å². The van der Waals surface area contributed by atoms with Crippen molar-refractivity contribution in [1.29, 1.82) is 0 Å². The molecular formula is C21H18BrClN2O. The number of halogens is 2. The molecule has 5 heteroatoms. The molecule has 0 aliphatic carbocycles. The van der Waals surface area contributed by atoms with Crippen LogP contribution in [-0.4, -0.2) is 6.21 Å². The van der Waals surface area contributed by atoms with Crippen molar-refractivity contribution in [2.45, 2.75) is 13.2 Å². The van der Waals surface area contributed by atoms with Gasteiger partial charge in [0.25, 0.3) is 0 Å². The third-order valence-corrected chi connectivity index (χ3v) is 4.61. The average molecular weight is 430 g/mol. The lowest BCUT2D eigenvalue weighted by molar-refractivity contribution is 0.306. The molecule has 3 rings (SSSR count). The molecule has 0 aromatic heterocycles. The fourth-order valence-electron chi connectivity index (χ4n) is 2.32. The van der Waals surface area contributed by atoms with Gasteiger partial charge in [0, 0.05) is 9.50 Å². The van der Waals surface area contributed by atoms with E-state index in [-0.39, 0.29) is 0 Å². The number of benzene rings is 3. The van der Waals surface area contributed by atoms with Crippen molar-refractivity contribution in [2.24, 2.45) is 5.10 Å². The van der Waals surface area contributed by atoms with Gasteiger partial charge >= 0.3 is 0 Å². The highest BCUT2D eigenvalue weighted by Gasteiger charge is 1.99. The lowest BCUT2D eigenvalue weighted by Gasteiger charge is -2.07. The van der Waals surface area contributed by atoms with Crippen LogP contribution in [0.4, 0.5) is 0 Å². The molecule has 1 N–H and O–H groups in total. The summed E-state index contributed by atoms with van der Waals surface area (Å²) in [5.74, 6) is 0.808. The standard InChI is InChI=1S/C21H18BrClN2O/c22-19-10-8-16(9-11-19)15-26-20-6-3-4-17(12-20)13-24-25-14-18-5-1-2-7-21(18)23/h1-13,25H,14-15H2/b24-13-. The third-order valence-electron chi connectivity index (χ3n) is 3.71. The monoisotopic (exact) mass is 428 g/mol. The minimum absolute atomic E-state index is 0.526. The molecule has 0 aliphatic rings. The number of ether oxygens (including phenoxy) is 1. The highest BCUT2D eigenvalue weighted by Crippen LogP contribution is 2.16. The Morgan fingerprint density at radius 3 is 2.62 bits per heavy atom. The minimum atomic E-state index is 0.526. The molecule has 0 saturated carbocycles. The highest BCUT2D eigenvalue weighted by atomic mass is 79.9. The molecule has 3 nitrogen and oxygen atoms in total. The van der Waals surface area contributed by atoms with Gasteiger partial charge in [-0.25, -0.2) is 0 Å². The van der Waals surface area contributed by atoms with Crippen LogP contribution in [0.5, 0.6) is 5.75 Å². The molecule has 0 atom stereocenters. The Hall–Kier alpha value is -2.30. The van der Waals surface area contributed by atoms with E-state index in [4.69, 9.17) is 16.3 Å². The van der Waals surface area contributed by atoms with Crippen LogP contribution in [0.1, 0.15) is 16.7 Å². The van der Waals surface area contributed by atoms with Crippen molar-refractivity contribution >= 4 is 33.7 Å². The van der Waals surface area contributed by atoms with E-state index in [1.807, 2.05) is 72.8 Å². The Labute approximate surface area is 166 Å². The number of rotatable bonds is 7. The van der Waals surface area contributed by atoms with E-state index in [0.29, 0.717) is 13.2 Å². The second kappa shape index (κ2) is 9.41. The molecule has 0 aliphatic heterocycles. The second-order valence-electron chi connectivity index (χ2n) is 5.67. The number of hydrogen-bond acceptors (Lipinski definition) is 3. The molecule has 3 aromatic rings. The first-order valence-electron chi connectivity index (χ1n) is 8.17. The van der Waals surface area contributed by atoms with E-state index in [2.05, 4.69) is 26.5 Å². The summed E-state index contributed by atoms with van der Waals surface area (Å²) in [6.07, 6.45) is 1.77. The zero-order valence-corrected chi connectivity index (χ0v) is 16.4. The van der Waals surface area contributed by atoms with Crippen LogP contribution >= 0.6 is 27.5 Å². The van der Waals surface area contributed by atoms with Crippen LogP contribution in [0.3, 0.4) is 0 Å². The number of nitrogens with zero attached hydrogens (tertiary/aromatic N) is 1. The SMILES string of the molecule is Clc1ccccc1CN/N=C\c1cccc(OCc2ccc(Br)cc2)c1. The predicted molar refractivity (Wildman–Crippen MR) is 111 cm³/mol. The number of hydrogen-bond donors (Lipinski definition) is 1. The minimum Gasteiger partial charge on any atom is -0.489 e. The van der Waals surface area contributed by atoms with E-state index in [1.54, 1.807) is 6.21 Å². The maximum Gasteiger partial charge on any atom is 0.120 e. The van der Waals surface area contributed by atoms with E-state index >= 15 is 0 Å². The Kier molecular flexibility index (Phi) is 6.69. The molecule has 0 radical (unpaired) electrons. The molecule has 0 bridgehead atoms. The van der Waals surface area contributed by atoms with Gasteiger partial charge in [-0.15, -0.1) is 0 Å². The second-order valence-corrected chi connectivity index (χ2v) is 7.00. The van der Waals surface area contributed by atoms with E-state index in [0.717, 1.165) is 31.9 Å². The summed E-state index contributed by atoms with van der Waals surface area (Å²) in [5, 5.41) is 4.99. The van der Waals surface area contributed by atoms with Gasteiger partial charge in [0.1, 0.15) is 12.4 Å². The van der Waals surface area contributed by atoms with Gasteiger partial charge in [-0.2, -0.15) is 5.10 Å². The fourth-order valence-corrected chi connectivity index (χ4v) is 2.79. The summed E-state index contributed by atoms with van der Waals surface area (Å²) in [4.78, 5) is 0. The van der Waals surface area contributed by atoms with Crippen molar-refractivity contribution in [3.8, 4) is 5.75 Å². The third kappa shape index (κ3) is 5.61. The molecular weight excluding hydrogens is 412 g/mol. The summed E-state index contributed by atoms with van der Waals surface area (Å²) in [7, 11) is 0. The molecule has 26 heavy (non-hydrogen) atoms. The van der Waals surface area contributed by atoms with Gasteiger partial charge < -0.3 is 10.2 Å². The first-order chi connectivity index (χ1) is 12.7. The Morgan fingerprint density at radius 2 is 1.81 bits per heavy atom. The summed E-state index contributed by atoms with van der Waals surface area (Å²) < 4.78 is 6.91. The van der Waals surface area contributed by atoms with Crippen LogP contribution in [0.15, 0.2) is 82.4 Å². The summed E-state index contributed by atoms with van der Waals surface area (Å²) in [6.45, 7) is 1.11. The zero-order valence-electron chi connectivity index (χ0n) is 14.0. The van der Waals surface area contributed by atoms with Gasteiger partial charge in [0.05, 0.1) is 12.8 Å². The van der Waals surface area contributed by atoms with Gasteiger partial charge in [-0.05, 0) is 47.0 Å². The topological polar surface area (TPSA) is 33.6 Å². The average Bonchev–Trinajstić information content (AvgIpc) is 2.66. The molecule has 0 fully saturated rings. The molecule has 0 unspecified atom stereocenters. The van der Waals surface area contributed by atoms with Gasteiger partial charge in [0.2, 0.25) is 0 Å². The number of hydrazone groups is 1. The Bertz CT molecular complexity index is 881. The normalized spacial score (nSPS) is 10.8. The Balaban J connectivity index is 1.53. The lowest BCUT2D eigenvalue weighted by Crippen LogP contribution is -2.06. The molecule has 0 spiro atoms. The van der Waals surface area contributed by atoms with Crippen LogP contribution in [0.2, 0.25) is 5.02 Å². The first kappa shape index (κ1) is 18.5. The molecule has 0 amide bonds. The van der Waals surface area contributed by atoms with Crippen molar-refractivity contribution < 1.29 is 4.74 Å². The fraction of sp³-hybridized carbons (Fsp3) is 0.0952. The lowest BCUT2D eigenvalue weighted by atomic mass is 10.2. The van der Waals surface area contributed by atoms with Crippen molar-refractivity contribution in [3.05, 3.63) is 99.0 Å². The molecule has 3 aromatic carbocycles. The summed E-state index contributed by atoms with van der Waals surface area (Å²) in [6, 6.07) is 23.6. The maximum atomic E-state index is 6.12. The largest absolute Gasteiger partial charge is 0.489 e. The highest BCUT2D eigenvalue weighted by molar-refractivity contribution is 9.10. The van der Waals surface area contributed by atoms with Crippen molar-refractivity contribution in [1.82, 2.24) is 5.43 Å². The maximum absolute atomic E-state index is 6.12. The predicted octanol–water partition coefficient (Wildman–Crippen LogP) is 5.81. The van der Waals surface area contributed by atoms with Gasteiger partial charge in [-0.3, -0.25) is 0 Å². The molecule has 0 heterocycles. The molecule has 132 valence electrons. The Morgan fingerprint density at radius 1 is 1.00 bits per heavy atom. The first-order valence-corrected chi connectivity index (χ1v) is 9.34. The quantitative estimate of drug-likeness (QED) is 0.380. The van der Waals surface area contributed by atoms with Gasteiger partial charge in [-0.1, -0.05) is 70.0 Å². The van der Waals surface area contributed by atoms with Crippen LogP contribution in [0, 0.1) is 0 Å². The van der Waals surface area contributed by atoms with Gasteiger partial charge in [0.15, 0.2) is 0 Å². The summed E-state index contributed by atoms with van der Waals surface area (Å²) >= 11 is 9.55. The molecule has 0 saturated heterocycles. The van der Waals surface area contributed by atoms with Crippen molar-refractivity contribution in [3.63, 3.8) is 0 Å². The van der Waals surface area contributed by atoms with Crippen LogP contribution < -0.4 is 10.2 Å². The van der Waals surface area contributed by atoms with Crippen molar-refractivity contribution in [2.75, 3.05) is 0 Å². The zero-order chi connectivity index (χ0) is 18.2. The van der Waals surface area contributed by atoms with E-state index < -0.39 is 0 Å².